The van der Waals surface area contributed by atoms with Crippen LogP contribution in [0.2, 0.25) is 0 Å². The van der Waals surface area contributed by atoms with Crippen molar-refractivity contribution in [2.24, 2.45) is 0 Å². The second kappa shape index (κ2) is 9.08. The van der Waals surface area contributed by atoms with E-state index >= 15 is 0 Å². The monoisotopic (exact) mass is 510 g/mol. The number of aromatic nitrogens is 1. The van der Waals surface area contributed by atoms with Crippen LogP contribution in [0.5, 0.6) is 0 Å². The summed E-state index contributed by atoms with van der Waals surface area (Å²) in [6.07, 6.45) is -1.55. The van der Waals surface area contributed by atoms with Gasteiger partial charge in [-0.3, -0.25) is 0 Å². The first kappa shape index (κ1) is 26.0. The lowest BCUT2D eigenvalue weighted by Gasteiger charge is -2.32. The number of anilines is 1. The molecule has 0 radical (unpaired) electrons. The molecule has 1 N–H and O–H groups in total. The van der Waals surface area contributed by atoms with E-state index in [9.17, 15) is 21.6 Å². The molecule has 35 heavy (non-hydrogen) atoms. The molecule has 190 valence electrons. The maximum Gasteiger partial charge on any atom is 0.494 e. The normalized spacial score (nSPS) is 24.4. The number of alkyl halides is 3. The quantitative estimate of drug-likeness (QED) is 0.593. The first-order valence-electron chi connectivity index (χ1n) is 11.7. The Hall–Kier alpha value is -2.11. The van der Waals surface area contributed by atoms with Gasteiger partial charge < -0.3 is 14.6 Å². The van der Waals surface area contributed by atoms with Gasteiger partial charge in [-0.15, -0.1) is 0 Å². The van der Waals surface area contributed by atoms with Crippen molar-refractivity contribution in [2.75, 3.05) is 5.32 Å². The van der Waals surface area contributed by atoms with Crippen molar-refractivity contribution in [1.29, 1.82) is 0 Å². The average molecular weight is 510 g/mol. The zero-order valence-electron chi connectivity index (χ0n) is 20.2. The third kappa shape index (κ3) is 5.36. The number of nitrogens with one attached hydrogen (secondary N) is 1. The Morgan fingerprint density at radius 3 is 2.00 bits per heavy atom. The lowest BCUT2D eigenvalue weighted by atomic mass is 9.79. The molecule has 2 aliphatic rings. The van der Waals surface area contributed by atoms with E-state index in [1.807, 2.05) is 27.7 Å². The highest BCUT2D eigenvalue weighted by Crippen LogP contribution is 2.37. The van der Waals surface area contributed by atoms with Gasteiger partial charge >= 0.3 is 13.3 Å². The van der Waals surface area contributed by atoms with Crippen molar-refractivity contribution in [3.05, 3.63) is 48.2 Å². The summed E-state index contributed by atoms with van der Waals surface area (Å²) < 4.78 is 76.6. The van der Waals surface area contributed by atoms with Crippen LogP contribution in [0.25, 0.3) is 0 Å². The molecule has 11 heteroatoms. The minimum atomic E-state index is -4.43. The molecule has 0 amide bonds. The van der Waals surface area contributed by atoms with Crippen molar-refractivity contribution >= 4 is 28.2 Å². The Morgan fingerprint density at radius 1 is 0.943 bits per heavy atom. The second-order valence-electron chi connectivity index (χ2n) is 10.3. The Kier molecular flexibility index (Phi) is 6.74. The zero-order chi connectivity index (χ0) is 25.6. The summed E-state index contributed by atoms with van der Waals surface area (Å²) in [7, 11) is -4.07. The van der Waals surface area contributed by atoms with Gasteiger partial charge in [-0.05, 0) is 83.1 Å². The number of hydrogen-bond acceptors (Lipinski definition) is 6. The van der Waals surface area contributed by atoms with Crippen molar-refractivity contribution in [3.8, 4) is 0 Å². The van der Waals surface area contributed by atoms with E-state index in [2.05, 4.69) is 10.3 Å². The Balaban J connectivity index is 1.36. The summed E-state index contributed by atoms with van der Waals surface area (Å²) in [5.41, 5.74) is -1.00. The number of nitrogens with zero attached hydrogens (tertiary/aromatic N) is 1. The molecule has 0 atom stereocenters. The highest BCUT2D eigenvalue weighted by atomic mass is 32.2. The average Bonchev–Trinajstić information content (AvgIpc) is 3.01. The summed E-state index contributed by atoms with van der Waals surface area (Å²) in [6, 6.07) is 8.91. The Labute approximate surface area is 204 Å². The summed E-state index contributed by atoms with van der Waals surface area (Å²) >= 11 is 0. The van der Waals surface area contributed by atoms with Crippen molar-refractivity contribution in [2.45, 2.75) is 86.9 Å². The molecule has 1 aromatic heterocycles. The van der Waals surface area contributed by atoms with Crippen molar-refractivity contribution in [1.82, 2.24) is 4.98 Å². The number of rotatable bonds is 5. The van der Waals surface area contributed by atoms with E-state index in [1.165, 1.54) is 6.07 Å². The van der Waals surface area contributed by atoms with Crippen LogP contribution in [0, 0.1) is 0 Å². The first-order valence-corrected chi connectivity index (χ1v) is 13.2. The van der Waals surface area contributed by atoms with Gasteiger partial charge in [-0.2, -0.15) is 13.2 Å². The molecule has 0 unspecified atom stereocenters. The summed E-state index contributed by atoms with van der Waals surface area (Å²) in [5.74, 6) is 0.350. The minimum absolute atomic E-state index is 0.0450. The Morgan fingerprint density at radius 2 is 1.51 bits per heavy atom. The molecule has 6 nitrogen and oxygen atoms in total. The smallest absolute Gasteiger partial charge is 0.399 e. The van der Waals surface area contributed by atoms with Crippen LogP contribution in [0.15, 0.2) is 47.5 Å². The fraction of sp³-hybridized carbons (Fsp3) is 0.542. The first-order chi connectivity index (χ1) is 16.2. The largest absolute Gasteiger partial charge is 0.494 e. The van der Waals surface area contributed by atoms with E-state index < -0.39 is 45.1 Å². The van der Waals surface area contributed by atoms with Gasteiger partial charge in [0.25, 0.3) is 0 Å². The fourth-order valence-corrected chi connectivity index (χ4v) is 6.15. The fourth-order valence-electron chi connectivity index (χ4n) is 4.36. The molecule has 1 aliphatic heterocycles. The molecule has 1 aliphatic carbocycles. The molecular weight excluding hydrogens is 480 g/mol. The minimum Gasteiger partial charge on any atom is -0.399 e. The molecule has 2 aromatic rings. The van der Waals surface area contributed by atoms with E-state index in [0.717, 1.165) is 17.7 Å². The molecule has 2 heterocycles. The van der Waals surface area contributed by atoms with E-state index in [1.54, 1.807) is 24.3 Å². The predicted octanol–water partition coefficient (Wildman–Crippen LogP) is 4.60. The third-order valence-electron chi connectivity index (χ3n) is 7.29. The molecule has 2 fully saturated rings. The highest BCUT2D eigenvalue weighted by Gasteiger charge is 2.51. The lowest BCUT2D eigenvalue weighted by Crippen LogP contribution is -2.41. The van der Waals surface area contributed by atoms with Crippen LogP contribution < -0.4 is 10.8 Å². The van der Waals surface area contributed by atoms with Gasteiger partial charge in [0.05, 0.1) is 26.9 Å². The maximum absolute atomic E-state index is 13.2. The summed E-state index contributed by atoms with van der Waals surface area (Å²) in [6.45, 7) is 7.85. The SMILES string of the molecule is CC1(C)OB(c2ccc(S(=O)(=O)C3CCC(Nc4ccc(C(F)(F)F)cn4)CC3)cc2)OC1(C)C. The molecule has 1 aromatic carbocycles. The van der Waals surface area contributed by atoms with Gasteiger partial charge in [0.1, 0.15) is 5.82 Å². The van der Waals surface area contributed by atoms with Gasteiger partial charge in [0, 0.05) is 12.2 Å². The van der Waals surface area contributed by atoms with Crippen LogP contribution in [0.4, 0.5) is 19.0 Å². The second-order valence-corrected chi connectivity index (χ2v) is 12.5. The molecule has 0 spiro atoms. The van der Waals surface area contributed by atoms with E-state index in [4.69, 9.17) is 9.31 Å². The van der Waals surface area contributed by atoms with Gasteiger partial charge in [0.2, 0.25) is 0 Å². The number of sulfone groups is 1. The maximum atomic E-state index is 13.2. The standard InChI is InChI=1S/C24H30BF3N2O4S/c1-22(2)23(3,4)34-25(33-22)17-6-10-19(11-7-17)35(31,32)20-12-8-18(9-13-20)30-21-14-5-16(15-29-21)24(26,27)28/h5-7,10-11,14-15,18,20H,8-9,12-13H2,1-4H3,(H,29,30). The van der Waals surface area contributed by atoms with Crippen LogP contribution >= 0.6 is 0 Å². The highest BCUT2D eigenvalue weighted by molar-refractivity contribution is 7.92. The summed E-state index contributed by atoms with van der Waals surface area (Å²) in [4.78, 5) is 4.11. The predicted molar refractivity (Wildman–Crippen MR) is 128 cm³/mol. The van der Waals surface area contributed by atoms with Gasteiger partial charge in [0.15, 0.2) is 9.84 Å². The van der Waals surface area contributed by atoms with Crippen LogP contribution in [-0.4, -0.2) is 43.0 Å². The number of halogens is 3. The van der Waals surface area contributed by atoms with E-state index in [0.29, 0.717) is 31.5 Å². The zero-order valence-corrected chi connectivity index (χ0v) is 21.0. The van der Waals surface area contributed by atoms with Crippen LogP contribution in [0.1, 0.15) is 58.9 Å². The molecule has 1 saturated heterocycles. The molecular formula is C24H30BF3N2O4S. The lowest BCUT2D eigenvalue weighted by molar-refractivity contribution is -0.137. The number of benzene rings is 1. The number of hydrogen-bond donors (Lipinski definition) is 1. The van der Waals surface area contributed by atoms with Gasteiger partial charge in [-0.1, -0.05) is 12.1 Å². The van der Waals surface area contributed by atoms with Crippen molar-refractivity contribution < 1.29 is 30.9 Å². The van der Waals surface area contributed by atoms with Crippen LogP contribution in [0.3, 0.4) is 0 Å². The number of pyridine rings is 1. The summed E-state index contributed by atoms with van der Waals surface area (Å²) in [5, 5.41) is 2.61. The third-order valence-corrected chi connectivity index (χ3v) is 9.57. The molecule has 4 rings (SSSR count). The molecule has 0 bridgehead atoms. The van der Waals surface area contributed by atoms with Gasteiger partial charge in [-0.25, -0.2) is 13.4 Å². The molecule has 1 saturated carbocycles. The topological polar surface area (TPSA) is 77.5 Å². The van der Waals surface area contributed by atoms with E-state index in [-0.39, 0.29) is 10.9 Å². The van der Waals surface area contributed by atoms with Crippen molar-refractivity contribution in [3.63, 3.8) is 0 Å². The van der Waals surface area contributed by atoms with Crippen LogP contribution in [-0.2, 0) is 25.3 Å². The Bertz CT molecular complexity index is 1130.